The van der Waals surface area contributed by atoms with E-state index >= 15 is 4.39 Å². The molecule has 3 aliphatic heterocycles. The molecule has 2 fully saturated rings. The molecule has 2 aromatic carbocycles. The van der Waals surface area contributed by atoms with Gasteiger partial charge in [0.15, 0.2) is 0 Å². The van der Waals surface area contributed by atoms with Gasteiger partial charge in [-0.3, -0.25) is 24.6 Å². The molecule has 2 aromatic rings. The van der Waals surface area contributed by atoms with Crippen LogP contribution in [0.1, 0.15) is 81.2 Å². The van der Waals surface area contributed by atoms with Gasteiger partial charge in [-0.05, 0) is 57.8 Å². The lowest BCUT2D eigenvalue weighted by Gasteiger charge is -2.47. The molecule has 5 rings (SSSR count). The van der Waals surface area contributed by atoms with Gasteiger partial charge in [0.25, 0.3) is 5.91 Å². The van der Waals surface area contributed by atoms with Crippen molar-refractivity contribution in [3.05, 3.63) is 64.5 Å². The van der Waals surface area contributed by atoms with E-state index < -0.39 is 89.7 Å². The zero-order valence-electron chi connectivity index (χ0n) is 31.4. The number of piperidine rings is 1. The smallest absolute Gasteiger partial charge is 0.255 e. The lowest BCUT2D eigenvalue weighted by Crippen LogP contribution is -2.56. The van der Waals surface area contributed by atoms with E-state index in [2.05, 4.69) is 5.32 Å². The van der Waals surface area contributed by atoms with Crippen LogP contribution in [0.3, 0.4) is 0 Å². The van der Waals surface area contributed by atoms with Crippen LogP contribution in [0, 0.1) is 5.82 Å². The third kappa shape index (κ3) is 5.44. The first kappa shape index (κ1) is 16.6. The van der Waals surface area contributed by atoms with E-state index in [9.17, 15) is 14.4 Å². The van der Waals surface area contributed by atoms with Crippen LogP contribution < -0.4 is 10.6 Å². The number of benzene rings is 2. The van der Waals surface area contributed by atoms with E-state index in [0.717, 1.165) is 18.2 Å². The van der Waals surface area contributed by atoms with Crippen LogP contribution >= 0.6 is 0 Å². The van der Waals surface area contributed by atoms with Gasteiger partial charge in [0, 0.05) is 69.6 Å². The van der Waals surface area contributed by atoms with E-state index in [1.54, 1.807) is 5.32 Å². The predicted molar refractivity (Wildman–Crippen MR) is 141 cm³/mol. The molecular weight excluding hydrogens is 487 g/mol. The summed E-state index contributed by atoms with van der Waals surface area (Å²) in [5.41, 5.74) is -3.35. The topological polar surface area (TPSA) is 91.0 Å². The molecule has 0 aromatic heterocycles. The molecule has 3 amide bonds. The monoisotopic (exact) mass is 532 g/mol. The van der Waals surface area contributed by atoms with E-state index in [1.165, 1.54) is 23.1 Å². The number of halogens is 1. The fourth-order valence-corrected chi connectivity index (χ4v) is 4.90. The third-order valence-corrected chi connectivity index (χ3v) is 6.10. The van der Waals surface area contributed by atoms with Gasteiger partial charge in [-0.2, -0.15) is 0 Å². The minimum atomic E-state index is -3.37. The lowest BCUT2D eigenvalue weighted by molar-refractivity contribution is -0.182. The Hall–Kier alpha value is -3.30. The van der Waals surface area contributed by atoms with Gasteiger partial charge in [0.1, 0.15) is 11.9 Å². The SMILES string of the molecule is [2H]C([2H])(Nc1cccc2c1C([2H])([2H])N(C1C(=O)NC(=O)C([2H])([2H])C1([2H])[2H])C2=O)c1ccc(C([2H])([2H])N2CC(C)(C)OC(C)(C)C2)cc1F. The molecule has 38 heavy (non-hydrogen) atoms. The first-order valence-electron chi connectivity index (χ1n) is 17.0. The number of carbonyl (C=O) groups is 3. The van der Waals surface area contributed by atoms with Crippen molar-refractivity contribution in [3.8, 4) is 0 Å². The van der Waals surface area contributed by atoms with Crippen LogP contribution in [-0.2, 0) is 33.8 Å². The van der Waals surface area contributed by atoms with Gasteiger partial charge in [-0.1, -0.05) is 18.2 Å². The quantitative estimate of drug-likeness (QED) is 0.553. The molecule has 0 aliphatic carbocycles. The molecular formula is C29H35FN4O4. The molecule has 0 saturated carbocycles. The zero-order valence-corrected chi connectivity index (χ0v) is 21.4. The number of anilines is 1. The number of morpholine rings is 1. The minimum absolute atomic E-state index is 0.0791. The Balaban J connectivity index is 1.48. The van der Waals surface area contributed by atoms with Crippen molar-refractivity contribution in [2.45, 2.75) is 77.2 Å². The number of ether oxygens (including phenoxy) is 1. The van der Waals surface area contributed by atoms with Crippen molar-refractivity contribution < 1.29 is 37.2 Å². The number of amides is 3. The second-order valence-corrected chi connectivity index (χ2v) is 10.5. The van der Waals surface area contributed by atoms with Gasteiger partial charge in [-0.25, -0.2) is 4.39 Å². The maximum absolute atomic E-state index is 15.7. The lowest BCUT2D eigenvalue weighted by atomic mass is 9.98. The summed E-state index contributed by atoms with van der Waals surface area (Å²) in [5.74, 6) is -5.37. The summed E-state index contributed by atoms with van der Waals surface area (Å²) in [7, 11) is 0. The highest BCUT2D eigenvalue weighted by atomic mass is 19.1. The highest BCUT2D eigenvalue weighted by Crippen LogP contribution is 2.33. The Morgan fingerprint density at radius 2 is 1.89 bits per heavy atom. The highest BCUT2D eigenvalue weighted by Gasteiger charge is 2.40. The van der Waals surface area contributed by atoms with Crippen LogP contribution in [0.5, 0.6) is 0 Å². The van der Waals surface area contributed by atoms with Crippen LogP contribution in [0.2, 0.25) is 0 Å². The fourth-order valence-electron chi connectivity index (χ4n) is 4.90. The fraction of sp³-hybridized carbons (Fsp3) is 0.483. The van der Waals surface area contributed by atoms with Crippen molar-refractivity contribution in [3.63, 3.8) is 0 Å². The summed E-state index contributed by atoms with van der Waals surface area (Å²) in [6.45, 7) is -0.366. The molecule has 9 heteroatoms. The number of imide groups is 1. The van der Waals surface area contributed by atoms with Crippen LogP contribution in [0.15, 0.2) is 36.4 Å². The normalized spacial score (nSPS) is 31.4. The number of nitrogens with zero attached hydrogens (tertiary/aromatic N) is 2. The van der Waals surface area contributed by atoms with Crippen molar-refractivity contribution in [2.75, 3.05) is 18.4 Å². The number of carbonyl (C=O) groups excluding carboxylic acids is 3. The minimum Gasteiger partial charge on any atom is -0.381 e. The Morgan fingerprint density at radius 3 is 2.61 bits per heavy atom. The van der Waals surface area contributed by atoms with E-state index in [4.69, 9.17) is 18.4 Å². The standard InChI is InChI=1S/C29H35FN4O4/c1-28(2)16-33(17-29(3,4)38-28)14-18-8-9-19(22(30)12-18)13-31-23-7-5-6-20-21(23)15-34(27(20)37)24-10-11-25(35)32-26(24)36/h5-9,12,24,31H,10-11,13-17H2,1-4H3,(H,32,35,36)/i10D2,11D2,13D2,14D2,15D2. The molecule has 0 radical (unpaired) electrons. The summed E-state index contributed by atoms with van der Waals surface area (Å²) in [6, 6.07) is 4.34. The molecule has 2 saturated heterocycles. The molecule has 1 unspecified atom stereocenters. The van der Waals surface area contributed by atoms with Crippen molar-refractivity contribution in [1.29, 1.82) is 0 Å². The van der Waals surface area contributed by atoms with Crippen molar-refractivity contribution in [1.82, 2.24) is 15.1 Å². The van der Waals surface area contributed by atoms with Gasteiger partial charge in [0.2, 0.25) is 11.8 Å². The molecule has 0 spiro atoms. The summed E-state index contributed by atoms with van der Waals surface area (Å²) in [4.78, 5) is 40.1. The van der Waals surface area contributed by atoms with Crippen LogP contribution in [0.4, 0.5) is 10.1 Å². The maximum Gasteiger partial charge on any atom is 0.255 e. The van der Waals surface area contributed by atoms with Crippen LogP contribution in [-0.4, -0.2) is 57.9 Å². The average molecular weight is 533 g/mol. The number of fused-ring (bicyclic) bond motifs is 1. The Bertz CT molecular complexity index is 1700. The number of nitrogens with one attached hydrogen (secondary N) is 2. The average Bonchev–Trinajstić information content (AvgIpc) is 3.11. The van der Waals surface area contributed by atoms with E-state index in [-0.39, 0.29) is 29.2 Å². The largest absolute Gasteiger partial charge is 0.381 e. The second-order valence-electron chi connectivity index (χ2n) is 10.5. The highest BCUT2D eigenvalue weighted by molar-refractivity contribution is 6.06. The zero-order chi connectivity index (χ0) is 36.2. The maximum atomic E-state index is 15.7. The van der Waals surface area contributed by atoms with Gasteiger partial charge < -0.3 is 15.0 Å². The third-order valence-electron chi connectivity index (χ3n) is 6.10. The first-order valence-corrected chi connectivity index (χ1v) is 12.0. The Labute approximate surface area is 236 Å². The number of rotatable bonds is 6. The molecule has 202 valence electrons. The van der Waals surface area contributed by atoms with Gasteiger partial charge >= 0.3 is 0 Å². The predicted octanol–water partition coefficient (Wildman–Crippen LogP) is 3.59. The van der Waals surface area contributed by atoms with Gasteiger partial charge in [0.05, 0.1) is 16.7 Å². The molecule has 1 atom stereocenters. The Morgan fingerprint density at radius 1 is 1.16 bits per heavy atom. The molecule has 2 N–H and O–H groups in total. The summed E-state index contributed by atoms with van der Waals surface area (Å²) in [6.07, 6.45) is -6.70. The van der Waals surface area contributed by atoms with Gasteiger partial charge in [-0.15, -0.1) is 0 Å². The van der Waals surface area contributed by atoms with Crippen molar-refractivity contribution >= 4 is 23.4 Å². The number of hydrogen-bond acceptors (Lipinski definition) is 6. The first-order chi connectivity index (χ1) is 21.7. The van der Waals surface area contributed by atoms with E-state index in [1.807, 2.05) is 27.7 Å². The summed E-state index contributed by atoms with van der Waals surface area (Å²) in [5, 5.41) is 4.06. The molecule has 8 nitrogen and oxygen atoms in total. The van der Waals surface area contributed by atoms with Crippen molar-refractivity contribution in [2.24, 2.45) is 0 Å². The second kappa shape index (κ2) is 9.78. The molecule has 3 aliphatic rings. The summed E-state index contributed by atoms with van der Waals surface area (Å²) >= 11 is 0. The summed E-state index contributed by atoms with van der Waals surface area (Å²) < 4.78 is 107. The molecule has 3 heterocycles. The van der Waals surface area contributed by atoms with E-state index in [0.29, 0.717) is 0 Å². The number of hydrogen-bond donors (Lipinski definition) is 2. The molecule has 0 bridgehead atoms. The Kier molecular flexibility index (Phi) is 4.28. The van der Waals surface area contributed by atoms with Crippen LogP contribution in [0.25, 0.3) is 0 Å².